The molecule has 1 amide bonds. The van der Waals surface area contributed by atoms with Gasteiger partial charge in [0.25, 0.3) is 5.91 Å². The van der Waals surface area contributed by atoms with E-state index in [1.165, 1.54) is 13.2 Å². The molecule has 8 heteroatoms. The van der Waals surface area contributed by atoms with Gasteiger partial charge in [0, 0.05) is 12.6 Å². The molecule has 1 atom stereocenters. The average molecular weight is 298 g/mol. The van der Waals surface area contributed by atoms with Crippen LogP contribution in [0.4, 0.5) is 0 Å². The van der Waals surface area contributed by atoms with Gasteiger partial charge in [-0.25, -0.2) is 13.1 Å². The van der Waals surface area contributed by atoms with Crippen LogP contribution >= 0.6 is 0 Å². The molecule has 7 nitrogen and oxygen atoms in total. The fourth-order valence-electron chi connectivity index (χ4n) is 2.37. The van der Waals surface area contributed by atoms with Crippen LogP contribution in [-0.4, -0.2) is 54.8 Å². The summed E-state index contributed by atoms with van der Waals surface area (Å²) < 4.78 is 25.6. The van der Waals surface area contributed by atoms with Gasteiger partial charge >= 0.3 is 0 Å². The highest BCUT2D eigenvalue weighted by Gasteiger charge is 2.32. The van der Waals surface area contributed by atoms with E-state index >= 15 is 0 Å². The Morgan fingerprint density at radius 1 is 1.55 bits per heavy atom. The van der Waals surface area contributed by atoms with Gasteiger partial charge in [0.2, 0.25) is 10.0 Å². The number of carbonyl (C=O) groups is 1. The predicted octanol–water partition coefficient (Wildman–Crippen LogP) is -0.0612. The van der Waals surface area contributed by atoms with Gasteiger partial charge in [0.05, 0.1) is 23.2 Å². The fourth-order valence-corrected chi connectivity index (χ4v) is 3.39. The maximum absolute atomic E-state index is 12.4. The summed E-state index contributed by atoms with van der Waals surface area (Å²) in [6.07, 6.45) is 2.93. The third-order valence-electron chi connectivity index (χ3n) is 3.38. The van der Waals surface area contributed by atoms with Crippen molar-refractivity contribution in [1.29, 1.82) is 0 Å². The fraction of sp³-hybridized carbons (Fsp3) is 0.583. The highest BCUT2D eigenvalue weighted by atomic mass is 32.2. The third kappa shape index (κ3) is 3.31. The molecule has 2 rings (SSSR count). The Labute approximate surface area is 118 Å². The Kier molecular flexibility index (Phi) is 4.34. The largest absolute Gasteiger partial charge is 0.335 e. The first-order valence-electron chi connectivity index (χ1n) is 6.44. The normalized spacial score (nSPS) is 19.3. The lowest BCUT2D eigenvalue weighted by Gasteiger charge is -2.24. The molecule has 0 saturated carbocycles. The third-order valence-corrected chi connectivity index (χ3v) is 4.83. The maximum Gasteiger partial charge on any atom is 0.255 e. The van der Waals surface area contributed by atoms with Gasteiger partial charge in [0.15, 0.2) is 0 Å². The second-order valence-electron chi connectivity index (χ2n) is 4.87. The molecular formula is C12H18N4O3S. The molecule has 2 heterocycles. The highest BCUT2D eigenvalue weighted by Crippen LogP contribution is 2.21. The van der Waals surface area contributed by atoms with E-state index in [1.807, 2.05) is 0 Å². The SMILES string of the molecule is CNS(=O)(=O)CC1CCCN1C(=O)c1cnnc(C)c1. The molecule has 0 spiro atoms. The zero-order valence-electron chi connectivity index (χ0n) is 11.5. The zero-order valence-corrected chi connectivity index (χ0v) is 12.4. The Hall–Kier alpha value is -1.54. The first-order valence-corrected chi connectivity index (χ1v) is 8.09. The number of likely N-dealkylation sites (tertiary alicyclic amines) is 1. The number of hydrogen-bond acceptors (Lipinski definition) is 5. The van der Waals surface area contributed by atoms with E-state index in [2.05, 4.69) is 14.9 Å². The minimum Gasteiger partial charge on any atom is -0.335 e. The van der Waals surface area contributed by atoms with E-state index in [-0.39, 0.29) is 17.7 Å². The molecule has 1 aromatic rings. The molecule has 0 radical (unpaired) electrons. The lowest BCUT2D eigenvalue weighted by Crippen LogP contribution is -2.41. The number of amides is 1. The second-order valence-corrected chi connectivity index (χ2v) is 6.84. The summed E-state index contributed by atoms with van der Waals surface area (Å²) >= 11 is 0. The number of carbonyl (C=O) groups excluding carboxylic acids is 1. The van der Waals surface area contributed by atoms with Gasteiger partial charge in [-0.2, -0.15) is 10.2 Å². The first kappa shape index (κ1) is 14.9. The van der Waals surface area contributed by atoms with E-state index in [9.17, 15) is 13.2 Å². The summed E-state index contributed by atoms with van der Waals surface area (Å²) in [4.78, 5) is 14.0. The van der Waals surface area contributed by atoms with Gasteiger partial charge < -0.3 is 4.90 Å². The number of aromatic nitrogens is 2. The summed E-state index contributed by atoms with van der Waals surface area (Å²) in [7, 11) is -1.95. The summed E-state index contributed by atoms with van der Waals surface area (Å²) in [5, 5.41) is 7.58. The average Bonchev–Trinajstić information content (AvgIpc) is 2.85. The smallest absolute Gasteiger partial charge is 0.255 e. The summed E-state index contributed by atoms with van der Waals surface area (Å²) in [6.45, 7) is 2.33. The van der Waals surface area contributed by atoms with Crippen molar-refractivity contribution in [3.63, 3.8) is 0 Å². The first-order chi connectivity index (χ1) is 9.43. The molecule has 20 heavy (non-hydrogen) atoms. The van der Waals surface area contributed by atoms with Crippen LogP contribution in [0.25, 0.3) is 0 Å². The summed E-state index contributed by atoms with van der Waals surface area (Å²) in [5.74, 6) is -0.246. The van der Waals surface area contributed by atoms with Crippen molar-refractivity contribution in [1.82, 2.24) is 19.8 Å². The van der Waals surface area contributed by atoms with Gasteiger partial charge in [-0.05, 0) is 32.9 Å². The Morgan fingerprint density at radius 2 is 2.30 bits per heavy atom. The lowest BCUT2D eigenvalue weighted by atomic mass is 10.2. The van der Waals surface area contributed by atoms with E-state index in [0.717, 1.165) is 6.42 Å². The number of nitrogens with zero attached hydrogens (tertiary/aromatic N) is 3. The molecule has 0 bridgehead atoms. The van der Waals surface area contributed by atoms with E-state index in [1.54, 1.807) is 17.9 Å². The predicted molar refractivity (Wildman–Crippen MR) is 73.7 cm³/mol. The Morgan fingerprint density at radius 3 is 2.95 bits per heavy atom. The van der Waals surface area contributed by atoms with Crippen LogP contribution in [0.1, 0.15) is 28.9 Å². The van der Waals surface area contributed by atoms with Crippen LogP contribution in [0.15, 0.2) is 12.3 Å². The number of rotatable bonds is 4. The van der Waals surface area contributed by atoms with Gasteiger partial charge in [-0.1, -0.05) is 0 Å². The van der Waals surface area contributed by atoms with Crippen LogP contribution in [-0.2, 0) is 10.0 Å². The van der Waals surface area contributed by atoms with Crippen LogP contribution in [0.3, 0.4) is 0 Å². The van der Waals surface area contributed by atoms with Crippen molar-refractivity contribution < 1.29 is 13.2 Å². The molecule has 1 fully saturated rings. The molecule has 1 aliphatic heterocycles. The van der Waals surface area contributed by atoms with Crippen LogP contribution in [0.2, 0.25) is 0 Å². The van der Waals surface area contributed by atoms with Crippen molar-refractivity contribution in [3.8, 4) is 0 Å². The van der Waals surface area contributed by atoms with Gasteiger partial charge in [-0.15, -0.1) is 0 Å². The maximum atomic E-state index is 12.4. The quantitative estimate of drug-likeness (QED) is 0.840. The number of aryl methyl sites for hydroxylation is 1. The zero-order chi connectivity index (χ0) is 14.8. The molecule has 1 aromatic heterocycles. The molecule has 1 aliphatic rings. The van der Waals surface area contributed by atoms with Crippen LogP contribution in [0.5, 0.6) is 0 Å². The van der Waals surface area contributed by atoms with E-state index in [4.69, 9.17) is 0 Å². The molecule has 110 valence electrons. The number of nitrogens with one attached hydrogen (secondary N) is 1. The molecular weight excluding hydrogens is 280 g/mol. The number of sulfonamides is 1. The molecule has 0 aromatic carbocycles. The van der Waals surface area contributed by atoms with Crippen LogP contribution < -0.4 is 4.72 Å². The summed E-state index contributed by atoms with van der Waals surface area (Å²) in [6, 6.07) is 1.38. The molecule has 1 saturated heterocycles. The number of hydrogen-bond donors (Lipinski definition) is 1. The standard InChI is InChI=1S/C12H18N4O3S/c1-9-6-10(7-14-15-9)12(17)16-5-3-4-11(16)8-20(18,19)13-2/h6-7,11,13H,3-5,8H2,1-2H3. The second kappa shape index (κ2) is 5.84. The van der Waals surface area contributed by atoms with Gasteiger partial charge in [0.1, 0.15) is 0 Å². The molecule has 1 N–H and O–H groups in total. The van der Waals surface area contributed by atoms with Crippen molar-refractivity contribution in [2.45, 2.75) is 25.8 Å². The summed E-state index contributed by atoms with van der Waals surface area (Å²) in [5.41, 5.74) is 1.11. The molecule has 0 aliphatic carbocycles. The highest BCUT2D eigenvalue weighted by molar-refractivity contribution is 7.89. The van der Waals surface area contributed by atoms with Crippen molar-refractivity contribution >= 4 is 15.9 Å². The van der Waals surface area contributed by atoms with Crippen LogP contribution in [0, 0.1) is 6.92 Å². The lowest BCUT2D eigenvalue weighted by molar-refractivity contribution is 0.0748. The Bertz CT molecular complexity index is 602. The van der Waals surface area contributed by atoms with Crippen molar-refractivity contribution in [2.24, 2.45) is 0 Å². The van der Waals surface area contributed by atoms with E-state index < -0.39 is 10.0 Å². The van der Waals surface area contributed by atoms with Crippen molar-refractivity contribution in [3.05, 3.63) is 23.5 Å². The molecule has 1 unspecified atom stereocenters. The minimum absolute atomic E-state index is 0.0628. The minimum atomic E-state index is -3.33. The Balaban J connectivity index is 2.17. The van der Waals surface area contributed by atoms with Crippen molar-refractivity contribution in [2.75, 3.05) is 19.3 Å². The van der Waals surface area contributed by atoms with Gasteiger partial charge in [-0.3, -0.25) is 4.79 Å². The van der Waals surface area contributed by atoms with E-state index in [0.29, 0.717) is 24.2 Å². The monoisotopic (exact) mass is 298 g/mol. The topological polar surface area (TPSA) is 92.3 Å².